The molecule has 0 radical (unpaired) electrons. The van der Waals surface area contributed by atoms with E-state index in [1.54, 1.807) is 0 Å². The molecule has 0 atom stereocenters. The van der Waals surface area contributed by atoms with E-state index in [0.29, 0.717) is 10.6 Å². The zero-order valence-electron chi connectivity index (χ0n) is 12.9. The summed E-state index contributed by atoms with van der Waals surface area (Å²) >= 11 is 1.32. The third kappa shape index (κ3) is 3.06. The van der Waals surface area contributed by atoms with E-state index >= 15 is 0 Å². The second-order valence-electron chi connectivity index (χ2n) is 6.98. The van der Waals surface area contributed by atoms with Crippen LogP contribution in [0.15, 0.2) is 0 Å². The molecule has 1 aromatic rings. The lowest BCUT2D eigenvalue weighted by Crippen LogP contribution is -2.47. The first-order valence-electron chi connectivity index (χ1n) is 7.60. The largest absolute Gasteiger partial charge is 0.477 e. The standard InChI is InChI=1S/C15H23N3O2S/c1-15(2,3)12-11(13(19)20)21-14(16-12)18-8-6-17(7-9-18)10-4-5-10/h10H,4-9H2,1-3H3,(H,19,20). The van der Waals surface area contributed by atoms with Gasteiger partial charge in [-0.25, -0.2) is 9.78 Å². The number of anilines is 1. The lowest BCUT2D eigenvalue weighted by atomic mass is 9.91. The van der Waals surface area contributed by atoms with Gasteiger partial charge in [-0.15, -0.1) is 0 Å². The molecule has 2 aliphatic rings. The number of carbonyl (C=O) groups is 1. The molecular weight excluding hydrogens is 286 g/mol. The Balaban J connectivity index is 1.78. The minimum atomic E-state index is -0.861. The van der Waals surface area contributed by atoms with Gasteiger partial charge in [-0.3, -0.25) is 4.90 Å². The number of nitrogens with zero attached hydrogens (tertiary/aromatic N) is 3. The summed E-state index contributed by atoms with van der Waals surface area (Å²) in [5.41, 5.74) is 0.470. The molecule has 0 aromatic carbocycles. The number of aromatic nitrogens is 1. The highest BCUT2D eigenvalue weighted by Crippen LogP contribution is 2.35. The van der Waals surface area contributed by atoms with E-state index in [4.69, 9.17) is 0 Å². The Hall–Kier alpha value is -1.14. The van der Waals surface area contributed by atoms with Crippen LogP contribution < -0.4 is 4.90 Å². The van der Waals surface area contributed by atoms with Crippen LogP contribution in [-0.4, -0.2) is 53.2 Å². The van der Waals surface area contributed by atoms with Crippen LogP contribution in [0.1, 0.15) is 49.0 Å². The number of thiazole rings is 1. The van der Waals surface area contributed by atoms with Gasteiger partial charge in [-0.05, 0) is 12.8 Å². The molecule has 116 valence electrons. The fourth-order valence-corrected chi connectivity index (χ4v) is 3.98. The molecule has 1 N–H and O–H groups in total. The van der Waals surface area contributed by atoms with E-state index < -0.39 is 5.97 Å². The highest BCUT2D eigenvalue weighted by molar-refractivity contribution is 7.17. The zero-order valence-corrected chi connectivity index (χ0v) is 13.7. The van der Waals surface area contributed by atoms with Crippen molar-refractivity contribution < 1.29 is 9.90 Å². The molecule has 0 amide bonds. The molecule has 0 unspecified atom stereocenters. The summed E-state index contributed by atoms with van der Waals surface area (Å²) in [6.45, 7) is 10.1. The normalized spacial score (nSPS) is 20.8. The summed E-state index contributed by atoms with van der Waals surface area (Å²) in [5, 5.41) is 10.3. The van der Waals surface area contributed by atoms with Gasteiger partial charge >= 0.3 is 5.97 Å². The quantitative estimate of drug-likeness (QED) is 0.929. The Morgan fingerprint density at radius 2 is 1.86 bits per heavy atom. The fourth-order valence-electron chi connectivity index (χ4n) is 2.82. The maximum Gasteiger partial charge on any atom is 0.347 e. The molecule has 1 saturated carbocycles. The van der Waals surface area contributed by atoms with Crippen LogP contribution in [-0.2, 0) is 5.41 Å². The Morgan fingerprint density at radius 3 is 2.29 bits per heavy atom. The molecule has 0 spiro atoms. The predicted octanol–water partition coefficient (Wildman–Crippen LogP) is 2.42. The number of hydrogen-bond acceptors (Lipinski definition) is 5. The van der Waals surface area contributed by atoms with E-state index in [1.807, 2.05) is 20.8 Å². The van der Waals surface area contributed by atoms with E-state index in [2.05, 4.69) is 14.8 Å². The summed E-state index contributed by atoms with van der Waals surface area (Å²) < 4.78 is 0. The molecule has 0 bridgehead atoms. The third-order valence-electron chi connectivity index (χ3n) is 4.17. The number of rotatable bonds is 3. The lowest BCUT2D eigenvalue weighted by Gasteiger charge is -2.34. The first-order chi connectivity index (χ1) is 9.86. The van der Waals surface area contributed by atoms with E-state index in [-0.39, 0.29) is 5.41 Å². The molecule has 1 aliphatic carbocycles. The van der Waals surface area contributed by atoms with Crippen LogP contribution in [0, 0.1) is 0 Å². The smallest absolute Gasteiger partial charge is 0.347 e. The van der Waals surface area contributed by atoms with Crippen molar-refractivity contribution in [1.82, 2.24) is 9.88 Å². The Kier molecular flexibility index (Phi) is 3.69. The summed E-state index contributed by atoms with van der Waals surface area (Å²) in [4.78, 5) is 21.3. The number of piperazine rings is 1. The molecule has 3 rings (SSSR count). The van der Waals surface area contributed by atoms with E-state index in [1.165, 1.54) is 24.2 Å². The topological polar surface area (TPSA) is 56.7 Å². The van der Waals surface area contributed by atoms with Crippen LogP contribution in [0.3, 0.4) is 0 Å². The Bertz CT molecular complexity index is 538. The minimum absolute atomic E-state index is 0.238. The molecule has 5 nitrogen and oxygen atoms in total. The molecule has 6 heteroatoms. The van der Waals surface area contributed by atoms with Gasteiger partial charge in [0.25, 0.3) is 0 Å². The molecule has 1 aromatic heterocycles. The fraction of sp³-hybridized carbons (Fsp3) is 0.733. The van der Waals surface area contributed by atoms with Crippen molar-refractivity contribution in [3.8, 4) is 0 Å². The maximum absolute atomic E-state index is 11.5. The summed E-state index contributed by atoms with van der Waals surface area (Å²) in [5.74, 6) is -0.861. The number of aromatic carboxylic acids is 1. The zero-order chi connectivity index (χ0) is 15.2. The Labute approximate surface area is 129 Å². The monoisotopic (exact) mass is 309 g/mol. The van der Waals surface area contributed by atoms with Crippen molar-refractivity contribution in [3.63, 3.8) is 0 Å². The van der Waals surface area contributed by atoms with Crippen LogP contribution in [0.2, 0.25) is 0 Å². The second kappa shape index (κ2) is 5.25. The van der Waals surface area contributed by atoms with Gasteiger partial charge in [0.15, 0.2) is 5.13 Å². The molecule has 1 saturated heterocycles. The summed E-state index contributed by atoms with van der Waals surface area (Å²) in [7, 11) is 0. The molecule has 21 heavy (non-hydrogen) atoms. The second-order valence-corrected chi connectivity index (χ2v) is 7.96. The van der Waals surface area contributed by atoms with Crippen molar-refractivity contribution in [2.75, 3.05) is 31.1 Å². The highest BCUT2D eigenvalue weighted by atomic mass is 32.1. The number of hydrogen-bond donors (Lipinski definition) is 1. The van der Waals surface area contributed by atoms with Gasteiger partial charge in [0.2, 0.25) is 0 Å². The number of carboxylic acids is 1. The third-order valence-corrected chi connectivity index (χ3v) is 5.27. The highest BCUT2D eigenvalue weighted by Gasteiger charge is 2.33. The molecule has 2 fully saturated rings. The van der Waals surface area contributed by atoms with Crippen molar-refractivity contribution in [2.24, 2.45) is 0 Å². The van der Waals surface area contributed by atoms with Crippen molar-refractivity contribution in [3.05, 3.63) is 10.6 Å². The first-order valence-corrected chi connectivity index (χ1v) is 8.41. The van der Waals surface area contributed by atoms with Gasteiger partial charge in [-0.2, -0.15) is 0 Å². The van der Waals surface area contributed by atoms with Gasteiger partial charge < -0.3 is 10.0 Å². The molecule has 2 heterocycles. The Morgan fingerprint density at radius 1 is 1.24 bits per heavy atom. The average molecular weight is 309 g/mol. The predicted molar refractivity (Wildman–Crippen MR) is 84.6 cm³/mol. The SMILES string of the molecule is CC(C)(C)c1nc(N2CCN(C3CC3)CC2)sc1C(=O)O. The van der Waals surface area contributed by atoms with Crippen LogP contribution in [0.4, 0.5) is 5.13 Å². The van der Waals surface area contributed by atoms with Crippen LogP contribution in [0.5, 0.6) is 0 Å². The van der Waals surface area contributed by atoms with Crippen LogP contribution >= 0.6 is 11.3 Å². The van der Waals surface area contributed by atoms with Crippen LogP contribution in [0.25, 0.3) is 0 Å². The van der Waals surface area contributed by atoms with Gasteiger partial charge in [0.1, 0.15) is 4.88 Å². The van der Waals surface area contributed by atoms with Gasteiger partial charge in [0, 0.05) is 37.6 Å². The minimum Gasteiger partial charge on any atom is -0.477 e. The summed E-state index contributed by atoms with van der Waals surface area (Å²) in [6, 6.07) is 0.808. The molecular formula is C15H23N3O2S. The maximum atomic E-state index is 11.5. The lowest BCUT2D eigenvalue weighted by molar-refractivity contribution is 0.0699. The average Bonchev–Trinajstić information content (AvgIpc) is 3.15. The van der Waals surface area contributed by atoms with Crippen molar-refractivity contribution in [1.29, 1.82) is 0 Å². The van der Waals surface area contributed by atoms with Gasteiger partial charge in [-0.1, -0.05) is 32.1 Å². The number of carboxylic acid groups (broad SMARTS) is 1. The van der Waals surface area contributed by atoms with Crippen molar-refractivity contribution >= 4 is 22.4 Å². The molecule has 1 aliphatic heterocycles. The van der Waals surface area contributed by atoms with Gasteiger partial charge in [0.05, 0.1) is 5.69 Å². The van der Waals surface area contributed by atoms with Crippen molar-refractivity contribution in [2.45, 2.75) is 45.1 Å². The van der Waals surface area contributed by atoms with E-state index in [9.17, 15) is 9.90 Å². The summed E-state index contributed by atoms with van der Waals surface area (Å²) in [6.07, 6.45) is 2.68. The first kappa shape index (κ1) is 14.8. The van der Waals surface area contributed by atoms with E-state index in [0.717, 1.165) is 37.4 Å².